The van der Waals surface area contributed by atoms with E-state index in [0.717, 1.165) is 32.5 Å². The second-order valence-electron chi connectivity index (χ2n) is 4.85. The lowest BCUT2D eigenvalue weighted by molar-refractivity contribution is 0.0673. The van der Waals surface area contributed by atoms with Crippen molar-refractivity contribution in [1.29, 1.82) is 0 Å². The zero-order valence-corrected chi connectivity index (χ0v) is 10.8. The lowest BCUT2D eigenvalue weighted by Gasteiger charge is -2.29. The number of aliphatic hydroxyl groups is 1. The van der Waals surface area contributed by atoms with Crippen LogP contribution in [0.3, 0.4) is 0 Å². The number of hydrogen-bond donors (Lipinski definition) is 1. The largest absolute Gasteiger partial charge is 0.392 e. The van der Waals surface area contributed by atoms with Crippen molar-refractivity contribution < 1.29 is 5.11 Å². The summed E-state index contributed by atoms with van der Waals surface area (Å²) in [5, 5.41) is 10.8. The molecule has 2 heterocycles. The van der Waals surface area contributed by atoms with Gasteiger partial charge in [0.15, 0.2) is 0 Å². The molecule has 1 aromatic rings. The third kappa shape index (κ3) is 3.03. The van der Waals surface area contributed by atoms with Crippen LogP contribution in [0.5, 0.6) is 0 Å². The van der Waals surface area contributed by atoms with E-state index in [0.29, 0.717) is 5.92 Å². The van der Waals surface area contributed by atoms with Crippen molar-refractivity contribution in [1.82, 2.24) is 9.88 Å². The van der Waals surface area contributed by atoms with E-state index in [1.165, 1.54) is 9.88 Å². The van der Waals surface area contributed by atoms with Gasteiger partial charge in [-0.2, -0.15) is 0 Å². The number of nitrogens with zero attached hydrogens (tertiary/aromatic N) is 2. The summed E-state index contributed by atoms with van der Waals surface area (Å²) in [6, 6.07) is 0. The molecule has 2 rings (SSSR count). The van der Waals surface area contributed by atoms with Gasteiger partial charge in [0.05, 0.1) is 11.1 Å². The summed E-state index contributed by atoms with van der Waals surface area (Å²) in [5.41, 5.74) is 0. The maximum absolute atomic E-state index is 9.60. The van der Waals surface area contributed by atoms with Gasteiger partial charge in [-0.1, -0.05) is 13.8 Å². The Morgan fingerprint density at radius 2 is 2.44 bits per heavy atom. The summed E-state index contributed by atoms with van der Waals surface area (Å²) in [6.07, 6.45) is 3.92. The zero-order chi connectivity index (χ0) is 11.5. The quantitative estimate of drug-likeness (QED) is 0.880. The van der Waals surface area contributed by atoms with Gasteiger partial charge in [-0.25, -0.2) is 4.98 Å². The molecule has 0 spiro atoms. The molecule has 0 aliphatic carbocycles. The molecular weight excluding hydrogens is 220 g/mol. The van der Waals surface area contributed by atoms with Crippen molar-refractivity contribution in [3.8, 4) is 0 Å². The van der Waals surface area contributed by atoms with Crippen LogP contribution >= 0.6 is 11.3 Å². The number of hydrogen-bond acceptors (Lipinski definition) is 4. The summed E-state index contributed by atoms with van der Waals surface area (Å²) in [5.74, 6) is 0.519. The summed E-state index contributed by atoms with van der Waals surface area (Å²) >= 11 is 1.80. The Bertz CT molecular complexity index is 338. The van der Waals surface area contributed by atoms with E-state index in [9.17, 15) is 5.11 Å². The van der Waals surface area contributed by atoms with Crippen LogP contribution in [0.25, 0.3) is 0 Å². The SMILES string of the molecule is CC(C)c1ncc(CN2CCCC(O)C2)s1. The minimum atomic E-state index is -0.133. The first-order valence-electron chi connectivity index (χ1n) is 6.00. The molecule has 1 fully saturated rings. The topological polar surface area (TPSA) is 36.4 Å². The maximum atomic E-state index is 9.60. The fourth-order valence-corrected chi connectivity index (χ4v) is 3.02. The number of β-amino-alcohol motifs (C(OH)–C–C–N with tert-alkyl or cyclic N) is 1. The van der Waals surface area contributed by atoms with Crippen LogP contribution in [0.2, 0.25) is 0 Å². The Hall–Kier alpha value is -0.450. The van der Waals surface area contributed by atoms with Gasteiger partial charge < -0.3 is 5.11 Å². The molecule has 4 heteroatoms. The van der Waals surface area contributed by atoms with E-state index < -0.39 is 0 Å². The summed E-state index contributed by atoms with van der Waals surface area (Å²) in [4.78, 5) is 8.07. The van der Waals surface area contributed by atoms with Gasteiger partial charge in [-0.15, -0.1) is 11.3 Å². The fraction of sp³-hybridized carbons (Fsp3) is 0.750. The molecule has 1 aliphatic rings. The molecule has 1 unspecified atom stereocenters. The maximum Gasteiger partial charge on any atom is 0.0953 e. The van der Waals surface area contributed by atoms with E-state index in [4.69, 9.17) is 0 Å². The minimum Gasteiger partial charge on any atom is -0.392 e. The first kappa shape index (κ1) is 12.0. The Balaban J connectivity index is 1.92. The van der Waals surface area contributed by atoms with Gasteiger partial charge in [0.25, 0.3) is 0 Å². The molecular formula is C12H20N2OS. The molecule has 1 atom stereocenters. The summed E-state index contributed by atoms with van der Waals surface area (Å²) in [6.45, 7) is 7.21. The predicted molar refractivity (Wildman–Crippen MR) is 66.7 cm³/mol. The van der Waals surface area contributed by atoms with Crippen molar-refractivity contribution in [3.05, 3.63) is 16.1 Å². The Morgan fingerprint density at radius 1 is 1.62 bits per heavy atom. The molecule has 0 aromatic carbocycles. The zero-order valence-electron chi connectivity index (χ0n) is 10.0. The molecule has 0 bridgehead atoms. The number of rotatable bonds is 3. The minimum absolute atomic E-state index is 0.133. The Labute approximate surface area is 101 Å². The van der Waals surface area contributed by atoms with Crippen molar-refractivity contribution in [2.24, 2.45) is 0 Å². The van der Waals surface area contributed by atoms with E-state index in [1.54, 1.807) is 11.3 Å². The van der Waals surface area contributed by atoms with Crippen LogP contribution < -0.4 is 0 Å². The molecule has 1 N–H and O–H groups in total. The molecule has 0 saturated carbocycles. The van der Waals surface area contributed by atoms with Gasteiger partial charge in [0.1, 0.15) is 0 Å². The third-order valence-corrected chi connectivity index (χ3v) is 4.21. The first-order valence-corrected chi connectivity index (χ1v) is 6.82. The number of likely N-dealkylation sites (tertiary alicyclic amines) is 1. The van der Waals surface area contributed by atoms with Crippen molar-refractivity contribution in [2.45, 2.75) is 45.3 Å². The van der Waals surface area contributed by atoms with Crippen molar-refractivity contribution in [3.63, 3.8) is 0 Å². The number of piperidine rings is 1. The smallest absolute Gasteiger partial charge is 0.0953 e. The van der Waals surface area contributed by atoms with E-state index in [-0.39, 0.29) is 6.10 Å². The van der Waals surface area contributed by atoms with E-state index in [1.807, 2.05) is 6.20 Å². The fourth-order valence-electron chi connectivity index (χ4n) is 2.06. The van der Waals surface area contributed by atoms with Gasteiger partial charge in [0, 0.05) is 30.1 Å². The Morgan fingerprint density at radius 3 is 3.06 bits per heavy atom. The van der Waals surface area contributed by atoms with Gasteiger partial charge in [-0.3, -0.25) is 4.90 Å². The molecule has 0 radical (unpaired) electrons. The highest BCUT2D eigenvalue weighted by Crippen LogP contribution is 2.23. The number of thiazole rings is 1. The molecule has 1 saturated heterocycles. The standard InChI is InChI=1S/C12H20N2OS/c1-9(2)12-13-6-11(16-12)8-14-5-3-4-10(15)7-14/h6,9-10,15H,3-5,7-8H2,1-2H3. The van der Waals surface area contributed by atoms with E-state index >= 15 is 0 Å². The lowest BCUT2D eigenvalue weighted by atomic mass is 10.1. The lowest BCUT2D eigenvalue weighted by Crippen LogP contribution is -2.37. The normalized spacial score (nSPS) is 22.9. The van der Waals surface area contributed by atoms with E-state index in [2.05, 4.69) is 23.7 Å². The van der Waals surface area contributed by atoms with Gasteiger partial charge >= 0.3 is 0 Å². The Kier molecular flexibility index (Phi) is 3.95. The average Bonchev–Trinajstić information content (AvgIpc) is 2.66. The molecule has 16 heavy (non-hydrogen) atoms. The van der Waals surface area contributed by atoms with Crippen molar-refractivity contribution >= 4 is 11.3 Å². The summed E-state index contributed by atoms with van der Waals surface area (Å²) < 4.78 is 0. The van der Waals surface area contributed by atoms with Crippen LogP contribution in [0.4, 0.5) is 0 Å². The molecule has 1 aliphatic heterocycles. The van der Waals surface area contributed by atoms with Crippen LogP contribution in [-0.2, 0) is 6.54 Å². The van der Waals surface area contributed by atoms with Crippen LogP contribution in [-0.4, -0.2) is 34.2 Å². The highest BCUT2D eigenvalue weighted by atomic mass is 32.1. The van der Waals surface area contributed by atoms with Crippen LogP contribution in [0.1, 0.15) is 42.5 Å². The third-order valence-electron chi connectivity index (χ3n) is 2.93. The molecule has 1 aromatic heterocycles. The van der Waals surface area contributed by atoms with Crippen LogP contribution in [0.15, 0.2) is 6.20 Å². The molecule has 90 valence electrons. The first-order chi connectivity index (χ1) is 7.65. The average molecular weight is 240 g/mol. The number of aliphatic hydroxyl groups excluding tert-OH is 1. The predicted octanol–water partition coefficient (Wildman–Crippen LogP) is 2.22. The molecule has 0 amide bonds. The summed E-state index contributed by atoms with van der Waals surface area (Å²) in [7, 11) is 0. The van der Waals surface area contributed by atoms with Crippen molar-refractivity contribution in [2.75, 3.05) is 13.1 Å². The number of aromatic nitrogens is 1. The monoisotopic (exact) mass is 240 g/mol. The van der Waals surface area contributed by atoms with Gasteiger partial charge in [0.2, 0.25) is 0 Å². The highest BCUT2D eigenvalue weighted by Gasteiger charge is 2.18. The van der Waals surface area contributed by atoms with Gasteiger partial charge in [-0.05, 0) is 19.4 Å². The molecule has 3 nitrogen and oxygen atoms in total. The highest BCUT2D eigenvalue weighted by molar-refractivity contribution is 7.11. The second kappa shape index (κ2) is 5.25. The second-order valence-corrected chi connectivity index (χ2v) is 6.00. The van der Waals surface area contributed by atoms with Crippen LogP contribution in [0, 0.1) is 0 Å².